The molecule has 1 aliphatic carbocycles. The van der Waals surface area contributed by atoms with Gasteiger partial charge in [-0.15, -0.1) is 0 Å². The summed E-state index contributed by atoms with van der Waals surface area (Å²) in [6.45, 7) is 4.39. The number of aryl methyl sites for hydroxylation is 1. The number of rotatable bonds is 5. The van der Waals surface area contributed by atoms with Crippen LogP contribution in [0.1, 0.15) is 62.6 Å². The normalized spacial score (nSPS) is 17.4. The third-order valence-electron chi connectivity index (χ3n) is 5.01. The van der Waals surface area contributed by atoms with E-state index in [1.165, 1.54) is 19.3 Å². The molecule has 23 heavy (non-hydrogen) atoms. The van der Waals surface area contributed by atoms with Crippen molar-refractivity contribution in [2.75, 3.05) is 0 Å². The number of unbranched alkanes of at least 4 members (excludes halogenated alkanes) is 3. The summed E-state index contributed by atoms with van der Waals surface area (Å²) in [7, 11) is 0. The van der Waals surface area contributed by atoms with Crippen LogP contribution in [0.4, 0.5) is 0 Å². The lowest BCUT2D eigenvalue weighted by Crippen LogP contribution is -2.20. The molecule has 0 unspecified atom stereocenters. The molecule has 0 bridgehead atoms. The van der Waals surface area contributed by atoms with Crippen molar-refractivity contribution in [1.82, 2.24) is 0 Å². The summed E-state index contributed by atoms with van der Waals surface area (Å²) < 4.78 is 5.53. The Morgan fingerprint density at radius 3 is 2.83 bits per heavy atom. The van der Waals surface area contributed by atoms with Crippen LogP contribution < -0.4 is 5.63 Å². The van der Waals surface area contributed by atoms with Gasteiger partial charge in [0.2, 0.25) is 0 Å². The SMILES string of the molecule is CCCCCCc1cc(O)c2c3c(c(=O)oc2c1)CC[C@H](C)C3. The molecule has 1 atom stereocenters. The van der Waals surface area contributed by atoms with Gasteiger partial charge in [-0.3, -0.25) is 0 Å². The Kier molecular flexibility index (Phi) is 4.74. The highest BCUT2D eigenvalue weighted by Gasteiger charge is 2.23. The van der Waals surface area contributed by atoms with E-state index >= 15 is 0 Å². The van der Waals surface area contributed by atoms with Crippen LogP contribution >= 0.6 is 0 Å². The maximum Gasteiger partial charge on any atom is 0.339 e. The summed E-state index contributed by atoms with van der Waals surface area (Å²) in [4.78, 5) is 12.3. The van der Waals surface area contributed by atoms with E-state index in [1.54, 1.807) is 0 Å². The number of fused-ring (bicyclic) bond motifs is 3. The third kappa shape index (κ3) is 3.29. The Hall–Kier alpha value is -1.77. The molecule has 1 aliphatic rings. The van der Waals surface area contributed by atoms with Crippen molar-refractivity contribution < 1.29 is 9.52 Å². The fourth-order valence-corrected chi connectivity index (χ4v) is 3.70. The first-order chi connectivity index (χ1) is 11.1. The zero-order valence-electron chi connectivity index (χ0n) is 14.2. The molecule has 0 amide bonds. The second-order valence-electron chi connectivity index (χ2n) is 6.99. The summed E-state index contributed by atoms with van der Waals surface area (Å²) in [5.74, 6) is 0.808. The van der Waals surface area contributed by atoms with Crippen LogP contribution in [0.5, 0.6) is 5.75 Å². The highest BCUT2D eigenvalue weighted by atomic mass is 16.4. The van der Waals surface area contributed by atoms with Gasteiger partial charge >= 0.3 is 5.63 Å². The number of hydrogen-bond acceptors (Lipinski definition) is 3. The van der Waals surface area contributed by atoms with E-state index in [4.69, 9.17) is 4.42 Å². The zero-order valence-corrected chi connectivity index (χ0v) is 14.2. The van der Waals surface area contributed by atoms with E-state index in [2.05, 4.69) is 13.8 Å². The number of benzene rings is 1. The first-order valence-corrected chi connectivity index (χ1v) is 8.90. The van der Waals surface area contributed by atoms with Crippen LogP contribution in [0.2, 0.25) is 0 Å². The lowest BCUT2D eigenvalue weighted by molar-refractivity contribution is 0.460. The molecule has 0 saturated carbocycles. The highest BCUT2D eigenvalue weighted by molar-refractivity contribution is 5.88. The standard InChI is InChI=1S/C20H26O3/c1-3-4-5-6-7-14-11-17(21)19-16-10-13(2)8-9-15(16)20(22)23-18(19)12-14/h11-13,21H,3-10H2,1-2H3/t13-/m0/s1. The topological polar surface area (TPSA) is 50.4 Å². The van der Waals surface area contributed by atoms with Crippen molar-refractivity contribution in [3.8, 4) is 5.75 Å². The Morgan fingerprint density at radius 2 is 2.04 bits per heavy atom. The number of phenols is 1. The molecule has 0 radical (unpaired) electrons. The largest absolute Gasteiger partial charge is 0.507 e. The fraction of sp³-hybridized carbons (Fsp3) is 0.550. The molecule has 1 N–H and O–H groups in total. The average molecular weight is 314 g/mol. The highest BCUT2D eigenvalue weighted by Crippen LogP contribution is 2.35. The van der Waals surface area contributed by atoms with Gasteiger partial charge in [-0.2, -0.15) is 0 Å². The predicted molar refractivity (Wildman–Crippen MR) is 93.2 cm³/mol. The van der Waals surface area contributed by atoms with Crippen molar-refractivity contribution in [2.45, 2.75) is 65.2 Å². The lowest BCUT2D eigenvalue weighted by atomic mass is 9.84. The molecule has 0 saturated heterocycles. The maximum atomic E-state index is 12.3. The first-order valence-electron chi connectivity index (χ1n) is 8.90. The van der Waals surface area contributed by atoms with Gasteiger partial charge in [0.15, 0.2) is 0 Å². The van der Waals surface area contributed by atoms with Gasteiger partial charge in [0.05, 0.1) is 5.39 Å². The van der Waals surface area contributed by atoms with Crippen molar-refractivity contribution in [3.63, 3.8) is 0 Å². The van der Waals surface area contributed by atoms with Crippen LogP contribution in [0, 0.1) is 5.92 Å². The maximum absolute atomic E-state index is 12.3. The van der Waals surface area contributed by atoms with E-state index in [1.807, 2.05) is 12.1 Å². The predicted octanol–water partition coefficient (Wildman–Crippen LogP) is 4.75. The lowest BCUT2D eigenvalue weighted by Gasteiger charge is -2.22. The number of aromatic hydroxyl groups is 1. The minimum absolute atomic E-state index is 0.220. The molecule has 1 aromatic heterocycles. The van der Waals surface area contributed by atoms with Gasteiger partial charge in [-0.25, -0.2) is 4.79 Å². The van der Waals surface area contributed by atoms with Crippen LogP contribution in [0.15, 0.2) is 21.3 Å². The molecule has 3 rings (SSSR count). The van der Waals surface area contributed by atoms with Crippen LogP contribution in [0.25, 0.3) is 11.0 Å². The second kappa shape index (κ2) is 6.77. The van der Waals surface area contributed by atoms with Crippen LogP contribution in [-0.4, -0.2) is 5.11 Å². The van der Waals surface area contributed by atoms with Gasteiger partial charge in [0.1, 0.15) is 11.3 Å². The van der Waals surface area contributed by atoms with Crippen LogP contribution in [0.3, 0.4) is 0 Å². The summed E-state index contributed by atoms with van der Waals surface area (Å²) in [6.07, 6.45) is 8.28. The average Bonchev–Trinajstić information content (AvgIpc) is 2.51. The Morgan fingerprint density at radius 1 is 1.22 bits per heavy atom. The van der Waals surface area contributed by atoms with E-state index in [0.717, 1.165) is 54.2 Å². The molecule has 1 heterocycles. The minimum Gasteiger partial charge on any atom is -0.507 e. The first kappa shape index (κ1) is 16.1. The van der Waals surface area contributed by atoms with Crippen LogP contribution in [-0.2, 0) is 19.3 Å². The van der Waals surface area contributed by atoms with Gasteiger partial charge in [-0.05, 0) is 61.3 Å². The molecule has 0 spiro atoms. The van der Waals surface area contributed by atoms with Gasteiger partial charge in [-0.1, -0.05) is 33.1 Å². The summed E-state index contributed by atoms with van der Waals surface area (Å²) in [5.41, 5.74) is 3.15. The molecule has 0 fully saturated rings. The molecular weight excluding hydrogens is 288 g/mol. The molecule has 3 nitrogen and oxygen atoms in total. The fourth-order valence-electron chi connectivity index (χ4n) is 3.70. The molecule has 3 heteroatoms. The van der Waals surface area contributed by atoms with Crippen molar-refractivity contribution in [2.24, 2.45) is 5.92 Å². The Balaban J connectivity index is 2.00. The summed E-state index contributed by atoms with van der Waals surface area (Å²) in [5, 5.41) is 11.3. The molecule has 1 aromatic carbocycles. The summed E-state index contributed by atoms with van der Waals surface area (Å²) >= 11 is 0. The third-order valence-corrected chi connectivity index (χ3v) is 5.01. The number of phenolic OH excluding ortho intramolecular Hbond substituents is 1. The smallest absolute Gasteiger partial charge is 0.339 e. The second-order valence-corrected chi connectivity index (χ2v) is 6.99. The van der Waals surface area contributed by atoms with Gasteiger partial charge in [0.25, 0.3) is 0 Å². The molecule has 124 valence electrons. The Labute approximate surface area is 137 Å². The van der Waals surface area contributed by atoms with E-state index in [0.29, 0.717) is 11.5 Å². The summed E-state index contributed by atoms with van der Waals surface area (Å²) in [6, 6.07) is 3.80. The van der Waals surface area contributed by atoms with Crippen molar-refractivity contribution in [3.05, 3.63) is 39.2 Å². The monoisotopic (exact) mass is 314 g/mol. The van der Waals surface area contributed by atoms with Crippen molar-refractivity contribution >= 4 is 11.0 Å². The minimum atomic E-state index is -0.220. The Bertz CT molecular complexity index is 758. The van der Waals surface area contributed by atoms with Gasteiger partial charge < -0.3 is 9.52 Å². The number of hydrogen-bond donors (Lipinski definition) is 1. The molecule has 0 aliphatic heterocycles. The molecular formula is C20H26O3. The van der Waals surface area contributed by atoms with E-state index in [-0.39, 0.29) is 11.4 Å². The van der Waals surface area contributed by atoms with Crippen molar-refractivity contribution in [1.29, 1.82) is 0 Å². The van der Waals surface area contributed by atoms with E-state index in [9.17, 15) is 9.90 Å². The quantitative estimate of drug-likeness (QED) is 0.640. The van der Waals surface area contributed by atoms with E-state index < -0.39 is 0 Å². The molecule has 2 aromatic rings. The van der Waals surface area contributed by atoms with Gasteiger partial charge in [0, 0.05) is 5.56 Å². The zero-order chi connectivity index (χ0) is 16.4.